The lowest BCUT2D eigenvalue weighted by molar-refractivity contribution is -0.123. The molecule has 0 spiro atoms. The number of aliphatic hydroxyl groups is 1. The largest absolute Gasteiger partial charge is 0.389 e. The van der Waals surface area contributed by atoms with Gasteiger partial charge in [-0.25, -0.2) is 0 Å². The van der Waals surface area contributed by atoms with Crippen molar-refractivity contribution in [2.24, 2.45) is 11.7 Å². The minimum atomic E-state index is -0.549. The van der Waals surface area contributed by atoms with Gasteiger partial charge in [-0.3, -0.25) is 4.79 Å². The number of hydrogen-bond acceptors (Lipinski definition) is 4. The van der Waals surface area contributed by atoms with Crippen LogP contribution in [0.3, 0.4) is 0 Å². The molecule has 0 aliphatic carbocycles. The van der Waals surface area contributed by atoms with Crippen molar-refractivity contribution in [1.82, 2.24) is 4.90 Å². The average molecular weight is 327 g/mol. The molecule has 3 N–H and O–H groups in total. The number of rotatable bonds is 7. The van der Waals surface area contributed by atoms with Crippen LogP contribution < -0.4 is 5.73 Å². The highest BCUT2D eigenvalue weighted by Crippen LogP contribution is 2.17. The first-order valence-electron chi connectivity index (χ1n) is 7.57. The highest BCUT2D eigenvalue weighted by Gasteiger charge is 2.24. The van der Waals surface area contributed by atoms with Gasteiger partial charge in [0.05, 0.1) is 19.3 Å². The molecule has 0 aromatic heterocycles. The first kappa shape index (κ1) is 17.2. The molecule has 122 valence electrons. The minimum Gasteiger partial charge on any atom is -0.389 e. The lowest BCUT2D eigenvalue weighted by Gasteiger charge is -2.31. The summed E-state index contributed by atoms with van der Waals surface area (Å²) < 4.78 is 5.53. The van der Waals surface area contributed by atoms with E-state index in [1.54, 1.807) is 0 Å². The topological polar surface area (TPSA) is 75.8 Å². The van der Waals surface area contributed by atoms with Gasteiger partial charge >= 0.3 is 0 Å². The molecule has 1 aromatic rings. The smallest absolute Gasteiger partial charge is 0.220 e. The van der Waals surface area contributed by atoms with Crippen LogP contribution in [0.5, 0.6) is 0 Å². The molecule has 5 nitrogen and oxygen atoms in total. The van der Waals surface area contributed by atoms with Crippen molar-refractivity contribution in [3.63, 3.8) is 0 Å². The number of amides is 1. The highest BCUT2D eigenvalue weighted by molar-refractivity contribution is 6.31. The first-order valence-corrected chi connectivity index (χ1v) is 7.95. The normalized spacial score (nSPS) is 18.3. The summed E-state index contributed by atoms with van der Waals surface area (Å²) in [5.41, 5.74) is 6.22. The molecule has 1 aromatic carbocycles. The molecule has 22 heavy (non-hydrogen) atoms. The molecular formula is C16H23ClN2O3. The number of carbonyl (C=O) groups excluding carboxylic acids is 1. The second-order valence-electron chi connectivity index (χ2n) is 5.74. The van der Waals surface area contributed by atoms with Gasteiger partial charge in [0.15, 0.2) is 0 Å². The molecule has 0 bridgehead atoms. The van der Waals surface area contributed by atoms with E-state index in [-0.39, 0.29) is 18.4 Å². The maximum Gasteiger partial charge on any atom is 0.220 e. The lowest BCUT2D eigenvalue weighted by atomic mass is 9.96. The SMILES string of the molecule is NC(=O)C1CCN(C[C@H](O)COCc2ccccc2Cl)CC1. The monoisotopic (exact) mass is 326 g/mol. The van der Waals surface area contributed by atoms with Crippen LogP contribution >= 0.6 is 11.6 Å². The zero-order valence-corrected chi connectivity index (χ0v) is 13.3. The molecule has 1 atom stereocenters. The van der Waals surface area contributed by atoms with Crippen LogP contribution in [0.2, 0.25) is 5.02 Å². The molecule has 1 amide bonds. The van der Waals surface area contributed by atoms with Crippen molar-refractivity contribution in [3.8, 4) is 0 Å². The number of hydrogen-bond donors (Lipinski definition) is 2. The summed E-state index contributed by atoms with van der Waals surface area (Å²) in [5, 5.41) is 10.7. The molecule has 0 radical (unpaired) electrons. The average Bonchev–Trinajstić information content (AvgIpc) is 2.50. The Bertz CT molecular complexity index is 490. The van der Waals surface area contributed by atoms with Crippen molar-refractivity contribution >= 4 is 17.5 Å². The van der Waals surface area contributed by atoms with E-state index in [4.69, 9.17) is 22.1 Å². The molecule has 2 rings (SSSR count). The molecular weight excluding hydrogens is 304 g/mol. The Kier molecular flexibility index (Phi) is 6.64. The Balaban J connectivity index is 1.65. The van der Waals surface area contributed by atoms with Gasteiger partial charge in [0.2, 0.25) is 5.91 Å². The van der Waals surface area contributed by atoms with Crippen LogP contribution in [0.4, 0.5) is 0 Å². The van der Waals surface area contributed by atoms with Crippen molar-refractivity contribution in [1.29, 1.82) is 0 Å². The third-order valence-corrected chi connectivity index (χ3v) is 4.35. The maximum atomic E-state index is 11.1. The summed E-state index contributed by atoms with van der Waals surface area (Å²) in [6.45, 7) is 2.78. The number of nitrogens with two attached hydrogens (primary N) is 1. The molecule has 1 aliphatic rings. The summed E-state index contributed by atoms with van der Waals surface area (Å²) >= 11 is 6.05. The van der Waals surface area contributed by atoms with Crippen molar-refractivity contribution in [3.05, 3.63) is 34.9 Å². The zero-order valence-electron chi connectivity index (χ0n) is 12.6. The Labute approximate surface area is 136 Å². The van der Waals surface area contributed by atoms with Gasteiger partial charge in [0.1, 0.15) is 0 Å². The Morgan fingerprint density at radius 3 is 2.73 bits per heavy atom. The van der Waals surface area contributed by atoms with Gasteiger partial charge in [-0.2, -0.15) is 0 Å². The lowest BCUT2D eigenvalue weighted by Crippen LogP contribution is -2.42. The fourth-order valence-electron chi connectivity index (χ4n) is 2.67. The van der Waals surface area contributed by atoms with Crippen LogP contribution in [0.25, 0.3) is 0 Å². The van der Waals surface area contributed by atoms with Crippen LogP contribution in [0.15, 0.2) is 24.3 Å². The van der Waals surface area contributed by atoms with Crippen LogP contribution in [0.1, 0.15) is 18.4 Å². The number of halogens is 1. The second kappa shape index (κ2) is 8.48. The standard InChI is InChI=1S/C16H23ClN2O3/c17-15-4-2-1-3-13(15)10-22-11-14(20)9-19-7-5-12(6-8-19)16(18)21/h1-4,12,14,20H,5-11H2,(H2,18,21)/t14-/m0/s1. The molecule has 1 aliphatic heterocycles. The first-order chi connectivity index (χ1) is 10.6. The summed E-state index contributed by atoms with van der Waals surface area (Å²) in [7, 11) is 0. The number of benzene rings is 1. The van der Waals surface area contributed by atoms with Crippen LogP contribution in [-0.2, 0) is 16.1 Å². The van der Waals surface area contributed by atoms with Gasteiger partial charge in [-0.1, -0.05) is 29.8 Å². The third kappa shape index (κ3) is 5.25. The Hall–Kier alpha value is -1.14. The van der Waals surface area contributed by atoms with Crippen LogP contribution in [-0.4, -0.2) is 48.3 Å². The fourth-order valence-corrected chi connectivity index (χ4v) is 2.86. The van der Waals surface area contributed by atoms with Gasteiger partial charge < -0.3 is 20.5 Å². The molecule has 1 heterocycles. The molecule has 0 saturated carbocycles. The van der Waals surface area contributed by atoms with Gasteiger partial charge in [-0.05, 0) is 37.6 Å². The predicted molar refractivity (Wildman–Crippen MR) is 85.5 cm³/mol. The minimum absolute atomic E-state index is 0.0233. The number of primary amides is 1. The highest BCUT2D eigenvalue weighted by atomic mass is 35.5. The fraction of sp³-hybridized carbons (Fsp3) is 0.562. The van der Waals surface area contributed by atoms with Crippen molar-refractivity contribution in [2.45, 2.75) is 25.6 Å². The molecule has 0 unspecified atom stereocenters. The van der Waals surface area contributed by atoms with Gasteiger partial charge in [-0.15, -0.1) is 0 Å². The van der Waals surface area contributed by atoms with E-state index in [2.05, 4.69) is 4.90 Å². The molecule has 1 fully saturated rings. The van der Waals surface area contributed by atoms with E-state index in [0.29, 0.717) is 18.2 Å². The number of β-amino-alcohol motifs (C(OH)–C–C–N with tert-alkyl or cyclic N) is 1. The quantitative estimate of drug-likeness (QED) is 0.794. The number of aliphatic hydroxyl groups excluding tert-OH is 1. The van der Waals surface area contributed by atoms with E-state index in [1.807, 2.05) is 24.3 Å². The van der Waals surface area contributed by atoms with E-state index in [0.717, 1.165) is 31.5 Å². The molecule has 6 heteroatoms. The predicted octanol–water partition coefficient (Wildman–Crippen LogP) is 1.41. The number of nitrogens with zero attached hydrogens (tertiary/aromatic N) is 1. The second-order valence-corrected chi connectivity index (χ2v) is 6.14. The summed E-state index contributed by atoms with van der Waals surface area (Å²) in [4.78, 5) is 13.3. The van der Waals surface area contributed by atoms with Crippen molar-refractivity contribution < 1.29 is 14.6 Å². The van der Waals surface area contributed by atoms with Gasteiger partial charge in [0, 0.05) is 17.5 Å². The van der Waals surface area contributed by atoms with E-state index >= 15 is 0 Å². The zero-order chi connectivity index (χ0) is 15.9. The van der Waals surface area contributed by atoms with E-state index in [9.17, 15) is 9.90 Å². The maximum absolute atomic E-state index is 11.1. The summed E-state index contributed by atoms with van der Waals surface area (Å²) in [5.74, 6) is -0.242. The van der Waals surface area contributed by atoms with Crippen molar-refractivity contribution in [2.75, 3.05) is 26.2 Å². The number of ether oxygens (including phenoxy) is 1. The molecule has 1 saturated heterocycles. The summed E-state index contributed by atoms with van der Waals surface area (Å²) in [6.07, 6.45) is 0.984. The number of piperidine rings is 1. The number of likely N-dealkylation sites (tertiary alicyclic amines) is 1. The van der Waals surface area contributed by atoms with E-state index in [1.165, 1.54) is 0 Å². The van der Waals surface area contributed by atoms with Crippen LogP contribution in [0, 0.1) is 5.92 Å². The Morgan fingerprint density at radius 2 is 2.09 bits per heavy atom. The third-order valence-electron chi connectivity index (χ3n) is 3.98. The Morgan fingerprint density at radius 1 is 1.41 bits per heavy atom. The van der Waals surface area contributed by atoms with Gasteiger partial charge in [0.25, 0.3) is 0 Å². The van der Waals surface area contributed by atoms with E-state index < -0.39 is 6.10 Å². The summed E-state index contributed by atoms with van der Waals surface area (Å²) in [6, 6.07) is 7.50. The number of carbonyl (C=O) groups is 1.